The summed E-state index contributed by atoms with van der Waals surface area (Å²) >= 11 is 3.33. The van der Waals surface area contributed by atoms with Crippen molar-refractivity contribution >= 4 is 69.6 Å². The number of carbonyl (C=O) groups is 6. The van der Waals surface area contributed by atoms with Crippen LogP contribution in [0, 0.1) is 21.3 Å². The number of benzene rings is 1. The van der Waals surface area contributed by atoms with Crippen molar-refractivity contribution in [1.82, 2.24) is 25.4 Å². The summed E-state index contributed by atoms with van der Waals surface area (Å²) in [5.41, 5.74) is 1.01. The Labute approximate surface area is 360 Å². The Hall–Kier alpha value is -3.64. The zero-order valence-corrected chi connectivity index (χ0v) is 38.1. The second-order valence-corrected chi connectivity index (χ2v) is 17.9. The number of rotatable bonds is 22. The highest BCUT2D eigenvalue weighted by atomic mass is 127. The number of halogens is 1. The number of esters is 2. The molecule has 0 aliphatic carbocycles. The van der Waals surface area contributed by atoms with E-state index in [9.17, 15) is 33.9 Å². The maximum atomic E-state index is 14.8. The number of thiazole rings is 1. The predicted molar refractivity (Wildman–Crippen MR) is 230 cm³/mol. The van der Waals surface area contributed by atoms with Crippen LogP contribution in [0.15, 0.2) is 29.6 Å². The molecule has 16 heteroatoms. The third-order valence-corrected chi connectivity index (χ3v) is 12.4. The van der Waals surface area contributed by atoms with Crippen molar-refractivity contribution in [3.05, 3.63) is 49.5 Å². The number of nitrogens with one attached hydrogen (secondary N) is 2. The van der Waals surface area contributed by atoms with Crippen molar-refractivity contribution in [3.8, 4) is 0 Å². The van der Waals surface area contributed by atoms with E-state index in [2.05, 4.69) is 38.2 Å². The molecular formula is C42H62IN5O9S. The molecule has 7 atom stereocenters. The average molecular weight is 940 g/mol. The van der Waals surface area contributed by atoms with Gasteiger partial charge in [-0.25, -0.2) is 4.98 Å². The number of aliphatic carboxylic acids is 1. The van der Waals surface area contributed by atoms with Gasteiger partial charge < -0.3 is 30.1 Å². The van der Waals surface area contributed by atoms with Crippen LogP contribution >= 0.6 is 33.9 Å². The number of hydrogen-bond donors (Lipinski definition) is 3. The first-order chi connectivity index (χ1) is 27.4. The number of nitrogens with zero attached hydrogens (tertiary/aromatic N) is 3. The number of hydrogen-bond acceptors (Lipinski definition) is 11. The maximum absolute atomic E-state index is 14.8. The molecule has 2 aromatic rings. The van der Waals surface area contributed by atoms with E-state index in [1.54, 1.807) is 12.3 Å². The molecule has 1 aliphatic rings. The topological polar surface area (TPSA) is 185 Å². The second kappa shape index (κ2) is 23.8. The summed E-state index contributed by atoms with van der Waals surface area (Å²) in [6, 6.07) is 5.32. The Bertz CT molecular complexity index is 1690. The molecule has 0 saturated carbocycles. The number of ether oxygens (including phenoxy) is 2. The lowest BCUT2D eigenvalue weighted by molar-refractivity contribution is -0.160. The molecule has 0 radical (unpaired) electrons. The molecule has 2 heterocycles. The van der Waals surface area contributed by atoms with Crippen molar-refractivity contribution < 1.29 is 43.3 Å². The van der Waals surface area contributed by atoms with Gasteiger partial charge in [-0.1, -0.05) is 66.5 Å². The molecule has 58 heavy (non-hydrogen) atoms. The van der Waals surface area contributed by atoms with E-state index >= 15 is 0 Å². The first-order valence-electron chi connectivity index (χ1n) is 20.3. The fraction of sp³-hybridized carbons (Fsp3) is 0.643. The van der Waals surface area contributed by atoms with Crippen molar-refractivity contribution in [2.45, 2.75) is 137 Å². The van der Waals surface area contributed by atoms with E-state index in [0.717, 1.165) is 39.9 Å². The lowest BCUT2D eigenvalue weighted by Gasteiger charge is -2.39. The zero-order valence-electron chi connectivity index (χ0n) is 35.1. The van der Waals surface area contributed by atoms with E-state index in [1.807, 2.05) is 70.8 Å². The van der Waals surface area contributed by atoms with E-state index in [4.69, 9.17) is 9.47 Å². The summed E-state index contributed by atoms with van der Waals surface area (Å²) in [5, 5.41) is 17.5. The summed E-state index contributed by atoms with van der Waals surface area (Å²) in [7, 11) is 1.91. The van der Waals surface area contributed by atoms with E-state index < -0.39 is 59.9 Å². The molecule has 1 aliphatic heterocycles. The molecular weight excluding hydrogens is 877 g/mol. The van der Waals surface area contributed by atoms with E-state index in [-0.39, 0.29) is 55.5 Å². The van der Waals surface area contributed by atoms with Crippen LogP contribution in [0.2, 0.25) is 0 Å². The van der Waals surface area contributed by atoms with Gasteiger partial charge in [0.15, 0.2) is 12.8 Å². The smallest absolute Gasteiger partial charge is 0.307 e. The summed E-state index contributed by atoms with van der Waals surface area (Å²) in [4.78, 5) is 87.2. The Kier molecular flexibility index (Phi) is 20.0. The summed E-state index contributed by atoms with van der Waals surface area (Å²) in [6.45, 7) is 12.8. The molecule has 0 spiro atoms. The van der Waals surface area contributed by atoms with Gasteiger partial charge >= 0.3 is 17.9 Å². The molecule has 0 unspecified atom stereocenters. The quantitative estimate of drug-likeness (QED) is 0.0678. The zero-order chi connectivity index (χ0) is 43.1. The SMILES string of the molecule is CCCC(=O)OCN(C(=O)[C@@H](NC(=O)[C@H]1CCCCN1C)[C@@H](C)CC)[C@H](C[C@@H](OC(C)=O)c1nc(C(=O)N[C@@H](Cc2ccc(I)cc2)C[C@H](C)C(=O)O)cs1)C(C)C. The standard InChI is InChI=1S/C42H62IN5O9S/c1-9-13-36(50)56-24-48(41(53)37(26(5)10-2)46-39(52)33-14-11-12-19-47(33)8)34(25(3)4)22-35(57-28(7)49)40-45-32(23-58-40)38(51)44-31(20-27(6)42(54)55)21-29-15-17-30(43)18-16-29/h15-18,23,25-27,31,33-35,37H,9-14,19-22,24H2,1-8H3,(H,44,51)(H,46,52)(H,54,55)/t26-,27-,31+,33+,34+,35+,37-/m0/s1. The van der Waals surface area contributed by atoms with Crippen LogP contribution in [0.3, 0.4) is 0 Å². The van der Waals surface area contributed by atoms with Gasteiger partial charge in [0, 0.05) is 40.8 Å². The second-order valence-electron chi connectivity index (χ2n) is 15.8. The molecule has 322 valence electrons. The molecule has 3 rings (SSSR count). The van der Waals surface area contributed by atoms with E-state index in [0.29, 0.717) is 30.7 Å². The minimum Gasteiger partial charge on any atom is -0.481 e. The number of piperidine rings is 1. The minimum absolute atomic E-state index is 0.0565. The van der Waals surface area contributed by atoms with Crippen molar-refractivity contribution in [1.29, 1.82) is 0 Å². The van der Waals surface area contributed by atoms with Gasteiger partial charge in [-0.2, -0.15) is 0 Å². The molecule has 1 saturated heterocycles. The van der Waals surface area contributed by atoms with Crippen LogP contribution in [-0.4, -0.2) is 100 Å². The molecule has 0 bridgehead atoms. The number of likely N-dealkylation sites (N-methyl/N-ethyl adjacent to an activating group) is 1. The lowest BCUT2D eigenvalue weighted by atomic mass is 9.92. The van der Waals surface area contributed by atoms with Gasteiger partial charge in [0.2, 0.25) is 11.8 Å². The first-order valence-corrected chi connectivity index (χ1v) is 22.3. The van der Waals surface area contributed by atoms with Crippen molar-refractivity contribution in [3.63, 3.8) is 0 Å². The number of amides is 3. The van der Waals surface area contributed by atoms with Gasteiger partial charge in [-0.05, 0) is 97.8 Å². The summed E-state index contributed by atoms with van der Waals surface area (Å²) in [5.74, 6) is -4.40. The summed E-state index contributed by atoms with van der Waals surface area (Å²) in [6.07, 6.45) is 3.57. The Balaban J connectivity index is 1.95. The predicted octanol–water partition coefficient (Wildman–Crippen LogP) is 6.36. The van der Waals surface area contributed by atoms with Gasteiger partial charge in [-0.3, -0.25) is 33.7 Å². The van der Waals surface area contributed by atoms with Crippen molar-refractivity contribution in [2.24, 2.45) is 17.8 Å². The number of carbonyl (C=O) groups excluding carboxylic acids is 5. The maximum Gasteiger partial charge on any atom is 0.307 e. The van der Waals surface area contributed by atoms with Gasteiger partial charge in [-0.15, -0.1) is 11.3 Å². The molecule has 1 aromatic carbocycles. The van der Waals surface area contributed by atoms with Gasteiger partial charge in [0.25, 0.3) is 5.91 Å². The van der Waals surface area contributed by atoms with Crippen LogP contribution in [0.4, 0.5) is 0 Å². The average Bonchev–Trinajstić information content (AvgIpc) is 3.67. The lowest BCUT2D eigenvalue weighted by Crippen LogP contribution is -2.59. The molecule has 1 fully saturated rings. The van der Waals surface area contributed by atoms with Crippen LogP contribution in [0.1, 0.15) is 127 Å². The highest BCUT2D eigenvalue weighted by Gasteiger charge is 2.39. The van der Waals surface area contributed by atoms with E-state index in [1.165, 1.54) is 11.8 Å². The highest BCUT2D eigenvalue weighted by Crippen LogP contribution is 2.32. The van der Waals surface area contributed by atoms with Crippen LogP contribution in [0.25, 0.3) is 0 Å². The fourth-order valence-corrected chi connectivity index (χ4v) is 8.26. The number of carboxylic acid groups (broad SMARTS) is 1. The monoisotopic (exact) mass is 939 g/mol. The highest BCUT2D eigenvalue weighted by molar-refractivity contribution is 14.1. The molecule has 14 nitrogen and oxygen atoms in total. The Morgan fingerprint density at radius 2 is 1.72 bits per heavy atom. The number of aromatic nitrogens is 1. The third-order valence-electron chi connectivity index (χ3n) is 10.7. The largest absolute Gasteiger partial charge is 0.481 e. The van der Waals surface area contributed by atoms with Crippen molar-refractivity contribution in [2.75, 3.05) is 20.3 Å². The molecule has 1 aromatic heterocycles. The minimum atomic E-state index is -0.986. The van der Waals surface area contributed by atoms with Gasteiger partial charge in [0.1, 0.15) is 16.7 Å². The van der Waals surface area contributed by atoms with Crippen LogP contribution < -0.4 is 10.6 Å². The Morgan fingerprint density at radius 3 is 2.31 bits per heavy atom. The Morgan fingerprint density at radius 1 is 1.03 bits per heavy atom. The normalized spacial score (nSPS) is 17.6. The number of likely N-dealkylation sites (tertiary alicyclic amines) is 1. The molecule has 3 N–H and O–H groups in total. The molecule has 3 amide bonds. The van der Waals surface area contributed by atoms with Gasteiger partial charge in [0.05, 0.1) is 12.0 Å². The van der Waals surface area contributed by atoms with Crippen LogP contribution in [-0.2, 0) is 39.9 Å². The fourth-order valence-electron chi connectivity index (χ4n) is 7.06. The number of carboxylic acids is 1. The first kappa shape index (κ1) is 48.7. The summed E-state index contributed by atoms with van der Waals surface area (Å²) < 4.78 is 12.5. The third kappa shape index (κ3) is 14.9. The van der Waals surface area contributed by atoms with Crippen LogP contribution in [0.5, 0.6) is 0 Å².